The van der Waals surface area contributed by atoms with Gasteiger partial charge in [0.15, 0.2) is 5.82 Å². The molecule has 4 heterocycles. The highest BCUT2D eigenvalue weighted by atomic mass is 35.5. The molecule has 2 N–H and O–H groups in total. The van der Waals surface area contributed by atoms with Gasteiger partial charge in [0.25, 0.3) is 0 Å². The van der Waals surface area contributed by atoms with E-state index in [1.165, 1.54) is 6.20 Å². The Labute approximate surface area is 215 Å². The van der Waals surface area contributed by atoms with Gasteiger partial charge in [-0.15, -0.1) is 12.4 Å². The Balaban J connectivity index is 0.00000304. The van der Waals surface area contributed by atoms with Crippen LogP contribution in [0.4, 0.5) is 27.7 Å². The molecular weight excluding hydrogens is 481 g/mol. The zero-order valence-electron chi connectivity index (χ0n) is 20.3. The first kappa shape index (κ1) is 25.5. The molecule has 188 valence electrons. The normalized spacial score (nSPS) is 13.4. The van der Waals surface area contributed by atoms with Gasteiger partial charge >= 0.3 is 0 Å². The number of halogens is 2. The van der Waals surface area contributed by atoms with E-state index in [1.807, 2.05) is 30.5 Å². The van der Waals surface area contributed by atoms with E-state index in [0.717, 1.165) is 56.3 Å². The van der Waals surface area contributed by atoms with E-state index in [1.54, 1.807) is 12.3 Å². The van der Waals surface area contributed by atoms with Gasteiger partial charge < -0.3 is 20.4 Å². The average Bonchev–Trinajstić information content (AvgIpc) is 2.91. The van der Waals surface area contributed by atoms with Crippen molar-refractivity contribution < 1.29 is 4.39 Å². The Morgan fingerprint density at radius 2 is 1.75 bits per heavy atom. The van der Waals surface area contributed by atoms with E-state index in [4.69, 9.17) is 4.98 Å². The van der Waals surface area contributed by atoms with Crippen LogP contribution in [0.25, 0.3) is 22.3 Å². The molecule has 0 unspecified atom stereocenters. The van der Waals surface area contributed by atoms with E-state index in [9.17, 15) is 4.39 Å². The van der Waals surface area contributed by atoms with E-state index < -0.39 is 5.82 Å². The zero-order valence-corrected chi connectivity index (χ0v) is 21.1. The predicted molar refractivity (Wildman–Crippen MR) is 144 cm³/mol. The quantitative estimate of drug-likeness (QED) is 0.382. The Morgan fingerprint density at radius 3 is 2.47 bits per heavy atom. The summed E-state index contributed by atoms with van der Waals surface area (Å²) in [7, 11) is 0. The molecule has 5 rings (SSSR count). The highest BCUT2D eigenvalue weighted by Gasteiger charge is 2.14. The summed E-state index contributed by atoms with van der Waals surface area (Å²) in [6.45, 7) is 9.63. The van der Waals surface area contributed by atoms with Crippen LogP contribution in [0.2, 0.25) is 0 Å². The van der Waals surface area contributed by atoms with Crippen LogP contribution >= 0.6 is 12.4 Å². The Morgan fingerprint density at radius 1 is 0.944 bits per heavy atom. The second kappa shape index (κ2) is 11.4. The number of benzene rings is 1. The molecule has 36 heavy (non-hydrogen) atoms. The van der Waals surface area contributed by atoms with Crippen molar-refractivity contribution in [2.45, 2.75) is 13.8 Å². The highest BCUT2D eigenvalue weighted by Crippen LogP contribution is 2.26. The number of rotatable bonds is 7. The van der Waals surface area contributed by atoms with Crippen LogP contribution in [-0.4, -0.2) is 64.2 Å². The number of nitrogens with zero attached hydrogens (tertiary/aromatic N) is 7. The van der Waals surface area contributed by atoms with Crippen molar-refractivity contribution in [2.75, 3.05) is 54.4 Å². The lowest BCUT2D eigenvalue weighted by Crippen LogP contribution is -2.43. The maximum Gasteiger partial charge on any atom is 0.229 e. The van der Waals surface area contributed by atoms with Gasteiger partial charge in [-0.25, -0.2) is 24.3 Å². The first-order chi connectivity index (χ1) is 17.1. The van der Waals surface area contributed by atoms with Crippen LogP contribution in [0.5, 0.6) is 0 Å². The van der Waals surface area contributed by atoms with E-state index >= 15 is 0 Å². The van der Waals surface area contributed by atoms with E-state index in [0.29, 0.717) is 16.9 Å². The standard InChI is InChI=1S/C25H28FN9.ClH/c1-3-34(4-2)23-16-28-20-7-5-17(13-21(20)31-23)24-19(26)15-30-25(33-24)32-22-8-6-18(14-29-22)35-11-9-27-10-12-35;/h5-8,13-16,27H,3-4,9-12H2,1-2H3,(H,29,30,32,33);1H. The molecule has 1 aliphatic heterocycles. The summed E-state index contributed by atoms with van der Waals surface area (Å²) in [6.07, 6.45) is 4.76. The van der Waals surface area contributed by atoms with Crippen LogP contribution in [0, 0.1) is 5.82 Å². The second-order valence-corrected chi connectivity index (χ2v) is 8.26. The van der Waals surface area contributed by atoms with Crippen molar-refractivity contribution in [3.8, 4) is 11.3 Å². The van der Waals surface area contributed by atoms with Crippen LogP contribution in [0.3, 0.4) is 0 Å². The summed E-state index contributed by atoms with van der Waals surface area (Å²) in [5.74, 6) is 1.15. The average molecular weight is 510 g/mol. The minimum Gasteiger partial charge on any atom is -0.368 e. The third kappa shape index (κ3) is 5.44. The van der Waals surface area contributed by atoms with E-state index in [2.05, 4.69) is 54.2 Å². The van der Waals surface area contributed by atoms with Crippen molar-refractivity contribution in [1.29, 1.82) is 0 Å². The van der Waals surface area contributed by atoms with Gasteiger partial charge in [-0.2, -0.15) is 0 Å². The fourth-order valence-corrected chi connectivity index (χ4v) is 4.16. The van der Waals surface area contributed by atoms with Gasteiger partial charge in [-0.3, -0.25) is 4.98 Å². The molecule has 0 saturated carbocycles. The molecular formula is C25H29ClFN9. The van der Waals surface area contributed by atoms with E-state index in [-0.39, 0.29) is 24.0 Å². The van der Waals surface area contributed by atoms with Crippen molar-refractivity contribution in [3.05, 3.63) is 54.7 Å². The molecule has 0 spiro atoms. The molecule has 0 radical (unpaired) electrons. The summed E-state index contributed by atoms with van der Waals surface area (Å²) >= 11 is 0. The Hall–Kier alpha value is -3.63. The minimum absolute atomic E-state index is 0. The SMILES string of the molecule is CCN(CC)c1cnc2ccc(-c3nc(Nc4ccc(N5CCNCC5)cn4)ncc3F)cc2n1.Cl. The fraction of sp³-hybridized carbons (Fsp3) is 0.320. The number of fused-ring (bicyclic) bond motifs is 1. The van der Waals surface area contributed by atoms with Crippen LogP contribution in [0.1, 0.15) is 13.8 Å². The first-order valence-electron chi connectivity index (χ1n) is 11.9. The molecule has 0 atom stereocenters. The number of pyridine rings is 1. The summed E-state index contributed by atoms with van der Waals surface area (Å²) in [4.78, 5) is 26.7. The fourth-order valence-electron chi connectivity index (χ4n) is 4.16. The smallest absolute Gasteiger partial charge is 0.229 e. The molecule has 9 nitrogen and oxygen atoms in total. The lowest BCUT2D eigenvalue weighted by molar-refractivity contribution is 0.589. The molecule has 1 aliphatic rings. The molecule has 4 aromatic rings. The monoisotopic (exact) mass is 509 g/mol. The van der Waals surface area contributed by atoms with Crippen molar-refractivity contribution in [2.24, 2.45) is 0 Å². The van der Waals surface area contributed by atoms with Crippen molar-refractivity contribution >= 4 is 46.7 Å². The number of aromatic nitrogens is 5. The number of hydrogen-bond donors (Lipinski definition) is 2. The minimum atomic E-state index is -0.509. The van der Waals surface area contributed by atoms with Crippen LogP contribution in [0.15, 0.2) is 48.9 Å². The molecule has 1 aromatic carbocycles. The zero-order chi connectivity index (χ0) is 24.2. The maximum atomic E-state index is 14.7. The van der Waals surface area contributed by atoms with Crippen LogP contribution < -0.4 is 20.4 Å². The molecule has 1 saturated heterocycles. The largest absolute Gasteiger partial charge is 0.368 e. The van der Waals surface area contributed by atoms with Crippen molar-refractivity contribution in [1.82, 2.24) is 30.2 Å². The van der Waals surface area contributed by atoms with Gasteiger partial charge in [0.1, 0.15) is 17.3 Å². The summed E-state index contributed by atoms with van der Waals surface area (Å²) in [6, 6.07) is 9.33. The third-order valence-electron chi connectivity index (χ3n) is 6.10. The molecule has 3 aromatic heterocycles. The second-order valence-electron chi connectivity index (χ2n) is 8.26. The third-order valence-corrected chi connectivity index (χ3v) is 6.10. The maximum absolute atomic E-state index is 14.7. The molecule has 0 aliphatic carbocycles. The number of piperazine rings is 1. The summed E-state index contributed by atoms with van der Waals surface area (Å²) in [5.41, 5.74) is 3.29. The van der Waals surface area contributed by atoms with Gasteiger partial charge in [0, 0.05) is 44.8 Å². The number of hydrogen-bond acceptors (Lipinski definition) is 9. The lowest BCUT2D eigenvalue weighted by atomic mass is 10.1. The Kier molecular flexibility index (Phi) is 8.07. The molecule has 11 heteroatoms. The summed E-state index contributed by atoms with van der Waals surface area (Å²) < 4.78 is 14.7. The predicted octanol–water partition coefficient (Wildman–Crippen LogP) is 4.04. The summed E-state index contributed by atoms with van der Waals surface area (Å²) in [5, 5.41) is 6.43. The number of anilines is 4. The van der Waals surface area contributed by atoms with Gasteiger partial charge in [-0.1, -0.05) is 6.07 Å². The van der Waals surface area contributed by atoms with Gasteiger partial charge in [0.05, 0.1) is 35.3 Å². The topological polar surface area (TPSA) is 95.0 Å². The number of nitrogens with one attached hydrogen (secondary N) is 2. The van der Waals surface area contributed by atoms with Gasteiger partial charge in [0.2, 0.25) is 5.95 Å². The van der Waals surface area contributed by atoms with Gasteiger partial charge in [-0.05, 0) is 38.1 Å². The van der Waals surface area contributed by atoms with Crippen molar-refractivity contribution in [3.63, 3.8) is 0 Å². The molecule has 1 fully saturated rings. The highest BCUT2D eigenvalue weighted by molar-refractivity contribution is 5.85. The molecule has 0 bridgehead atoms. The lowest BCUT2D eigenvalue weighted by Gasteiger charge is -2.29. The van der Waals surface area contributed by atoms with Crippen LogP contribution in [-0.2, 0) is 0 Å². The first-order valence-corrected chi connectivity index (χ1v) is 11.9. The Bertz CT molecular complexity index is 1310. The molecule has 0 amide bonds.